The lowest BCUT2D eigenvalue weighted by atomic mass is 10.1. The highest BCUT2D eigenvalue weighted by atomic mass is 16.2. The van der Waals surface area contributed by atoms with Crippen LogP contribution >= 0.6 is 0 Å². The van der Waals surface area contributed by atoms with E-state index < -0.39 is 5.92 Å². The van der Waals surface area contributed by atoms with Crippen molar-refractivity contribution >= 4 is 29.0 Å². The molecule has 2 amide bonds. The Morgan fingerprint density at radius 3 is 2.42 bits per heavy atom. The number of anilines is 2. The number of ketones is 1. The Kier molecular flexibility index (Phi) is 4.89. The van der Waals surface area contributed by atoms with E-state index >= 15 is 0 Å². The van der Waals surface area contributed by atoms with Crippen LogP contribution in [0, 0.1) is 19.8 Å². The molecule has 0 aliphatic carbocycles. The van der Waals surface area contributed by atoms with E-state index in [0.29, 0.717) is 17.8 Å². The number of nitrogens with one attached hydrogen (secondary N) is 1. The minimum Gasteiger partial charge on any atom is -0.326 e. The monoisotopic (exact) mass is 350 g/mol. The van der Waals surface area contributed by atoms with Crippen molar-refractivity contribution in [2.24, 2.45) is 5.92 Å². The summed E-state index contributed by atoms with van der Waals surface area (Å²) in [6.45, 7) is 5.82. The molecular formula is C21H22N2O3. The average Bonchev–Trinajstić information content (AvgIpc) is 2.99. The highest BCUT2D eigenvalue weighted by Crippen LogP contribution is 2.29. The van der Waals surface area contributed by atoms with Crippen LogP contribution in [0.25, 0.3) is 0 Å². The predicted molar refractivity (Wildman–Crippen MR) is 101 cm³/mol. The molecule has 26 heavy (non-hydrogen) atoms. The summed E-state index contributed by atoms with van der Waals surface area (Å²) in [5.74, 6) is -0.629. The first-order valence-electron chi connectivity index (χ1n) is 8.64. The van der Waals surface area contributed by atoms with Gasteiger partial charge in [-0.15, -0.1) is 0 Å². The van der Waals surface area contributed by atoms with Gasteiger partial charge in [0.05, 0.1) is 5.92 Å². The zero-order valence-corrected chi connectivity index (χ0v) is 15.2. The van der Waals surface area contributed by atoms with Crippen LogP contribution < -0.4 is 10.2 Å². The molecule has 5 heteroatoms. The largest absolute Gasteiger partial charge is 0.326 e. The van der Waals surface area contributed by atoms with E-state index in [0.717, 1.165) is 16.8 Å². The molecule has 0 saturated carbocycles. The van der Waals surface area contributed by atoms with Crippen molar-refractivity contribution in [3.63, 3.8) is 0 Å². The molecule has 1 heterocycles. The van der Waals surface area contributed by atoms with Crippen molar-refractivity contribution in [1.29, 1.82) is 0 Å². The SMILES string of the molecule is CC(=O)c1ccc(NC(=O)C2CC(=O)N(c3cc(C)ccc3C)C2)cc1. The molecule has 0 bridgehead atoms. The van der Waals surface area contributed by atoms with E-state index in [1.165, 1.54) is 6.92 Å². The third-order valence-electron chi connectivity index (χ3n) is 4.71. The lowest BCUT2D eigenvalue weighted by Gasteiger charge is -2.19. The maximum absolute atomic E-state index is 12.6. The summed E-state index contributed by atoms with van der Waals surface area (Å²) in [7, 11) is 0. The Morgan fingerprint density at radius 1 is 1.08 bits per heavy atom. The number of rotatable bonds is 4. The van der Waals surface area contributed by atoms with Crippen LogP contribution in [0.15, 0.2) is 42.5 Å². The zero-order valence-electron chi connectivity index (χ0n) is 15.2. The first-order valence-corrected chi connectivity index (χ1v) is 8.64. The third kappa shape index (κ3) is 3.67. The molecule has 5 nitrogen and oxygen atoms in total. The van der Waals surface area contributed by atoms with Crippen molar-refractivity contribution in [3.8, 4) is 0 Å². The minimum absolute atomic E-state index is 0.0200. The molecule has 1 aliphatic heterocycles. The Balaban J connectivity index is 1.70. The fourth-order valence-electron chi connectivity index (χ4n) is 3.16. The van der Waals surface area contributed by atoms with Gasteiger partial charge in [-0.2, -0.15) is 0 Å². The Bertz CT molecular complexity index is 871. The van der Waals surface area contributed by atoms with Crippen LogP contribution in [-0.4, -0.2) is 24.1 Å². The molecule has 0 radical (unpaired) electrons. The van der Waals surface area contributed by atoms with Crippen LogP contribution in [0.5, 0.6) is 0 Å². The normalized spacial score (nSPS) is 16.7. The quantitative estimate of drug-likeness (QED) is 0.858. The van der Waals surface area contributed by atoms with Gasteiger partial charge in [0, 0.05) is 29.9 Å². The van der Waals surface area contributed by atoms with Gasteiger partial charge in [-0.3, -0.25) is 14.4 Å². The van der Waals surface area contributed by atoms with Gasteiger partial charge >= 0.3 is 0 Å². The van der Waals surface area contributed by atoms with Crippen molar-refractivity contribution in [2.75, 3.05) is 16.8 Å². The van der Waals surface area contributed by atoms with Gasteiger partial charge in [-0.25, -0.2) is 0 Å². The number of Topliss-reactive ketones (excluding diaryl/α,β-unsaturated/α-hetero) is 1. The average molecular weight is 350 g/mol. The van der Waals surface area contributed by atoms with E-state index in [9.17, 15) is 14.4 Å². The lowest BCUT2D eigenvalue weighted by Crippen LogP contribution is -2.28. The number of hydrogen-bond donors (Lipinski definition) is 1. The molecule has 0 aromatic heterocycles. The van der Waals surface area contributed by atoms with E-state index in [1.807, 2.05) is 32.0 Å². The van der Waals surface area contributed by atoms with Gasteiger partial charge < -0.3 is 10.2 Å². The summed E-state index contributed by atoms with van der Waals surface area (Å²) in [5.41, 5.74) is 4.19. The highest BCUT2D eigenvalue weighted by molar-refractivity contribution is 6.04. The van der Waals surface area contributed by atoms with Crippen molar-refractivity contribution in [1.82, 2.24) is 0 Å². The summed E-state index contributed by atoms with van der Waals surface area (Å²) in [4.78, 5) is 38.0. The molecule has 1 unspecified atom stereocenters. The molecule has 1 atom stereocenters. The maximum atomic E-state index is 12.6. The van der Waals surface area contributed by atoms with Crippen molar-refractivity contribution < 1.29 is 14.4 Å². The first-order chi connectivity index (χ1) is 12.3. The summed E-state index contributed by atoms with van der Waals surface area (Å²) in [5, 5.41) is 2.84. The number of amides is 2. The van der Waals surface area contributed by atoms with Crippen LogP contribution in [0.2, 0.25) is 0 Å². The number of nitrogens with zero attached hydrogens (tertiary/aromatic N) is 1. The van der Waals surface area contributed by atoms with Crippen LogP contribution in [0.1, 0.15) is 34.8 Å². The zero-order chi connectivity index (χ0) is 18.8. The fourth-order valence-corrected chi connectivity index (χ4v) is 3.16. The molecule has 1 fully saturated rings. The molecular weight excluding hydrogens is 328 g/mol. The Morgan fingerprint density at radius 2 is 1.77 bits per heavy atom. The fraction of sp³-hybridized carbons (Fsp3) is 0.286. The second-order valence-corrected chi connectivity index (χ2v) is 6.82. The minimum atomic E-state index is -0.394. The van der Waals surface area contributed by atoms with Crippen LogP contribution in [0.4, 0.5) is 11.4 Å². The smallest absolute Gasteiger partial charge is 0.229 e. The van der Waals surface area contributed by atoms with Crippen LogP contribution in [-0.2, 0) is 9.59 Å². The van der Waals surface area contributed by atoms with Gasteiger partial charge in [0.25, 0.3) is 0 Å². The second kappa shape index (κ2) is 7.12. The Labute approximate surface area is 153 Å². The van der Waals surface area contributed by atoms with Crippen molar-refractivity contribution in [3.05, 3.63) is 59.2 Å². The molecule has 1 saturated heterocycles. The first kappa shape index (κ1) is 17.9. The molecule has 3 rings (SSSR count). The van der Waals surface area contributed by atoms with Gasteiger partial charge in [-0.05, 0) is 62.2 Å². The maximum Gasteiger partial charge on any atom is 0.229 e. The molecule has 1 N–H and O–H groups in total. The highest BCUT2D eigenvalue weighted by Gasteiger charge is 2.35. The van der Waals surface area contributed by atoms with E-state index in [-0.39, 0.29) is 24.0 Å². The third-order valence-corrected chi connectivity index (χ3v) is 4.71. The molecule has 134 valence electrons. The van der Waals surface area contributed by atoms with Crippen molar-refractivity contribution in [2.45, 2.75) is 27.2 Å². The number of benzene rings is 2. The number of carbonyl (C=O) groups excluding carboxylic acids is 3. The number of aryl methyl sites for hydroxylation is 2. The summed E-state index contributed by atoms with van der Waals surface area (Å²) in [6.07, 6.45) is 0.199. The summed E-state index contributed by atoms with van der Waals surface area (Å²) >= 11 is 0. The van der Waals surface area contributed by atoms with E-state index in [4.69, 9.17) is 0 Å². The summed E-state index contributed by atoms with van der Waals surface area (Å²) < 4.78 is 0. The topological polar surface area (TPSA) is 66.5 Å². The van der Waals surface area contributed by atoms with E-state index in [1.54, 1.807) is 29.2 Å². The Hall–Kier alpha value is -2.95. The van der Waals surface area contributed by atoms with Gasteiger partial charge in [-0.1, -0.05) is 12.1 Å². The van der Waals surface area contributed by atoms with Gasteiger partial charge in [0.2, 0.25) is 11.8 Å². The molecule has 2 aromatic carbocycles. The summed E-state index contributed by atoms with van der Waals surface area (Å²) in [6, 6.07) is 12.7. The second-order valence-electron chi connectivity index (χ2n) is 6.82. The lowest BCUT2D eigenvalue weighted by molar-refractivity contribution is -0.122. The van der Waals surface area contributed by atoms with E-state index in [2.05, 4.69) is 5.32 Å². The van der Waals surface area contributed by atoms with Gasteiger partial charge in [0.15, 0.2) is 5.78 Å². The van der Waals surface area contributed by atoms with Crippen LogP contribution in [0.3, 0.4) is 0 Å². The molecule has 2 aromatic rings. The molecule has 0 spiro atoms. The number of hydrogen-bond acceptors (Lipinski definition) is 3. The molecule has 1 aliphatic rings. The standard InChI is InChI=1S/C21H22N2O3/c1-13-4-5-14(2)19(10-13)23-12-17(11-20(23)25)21(26)22-18-8-6-16(7-9-18)15(3)24/h4-10,17H,11-12H2,1-3H3,(H,22,26). The predicted octanol–water partition coefficient (Wildman–Crippen LogP) is 3.50. The van der Waals surface area contributed by atoms with Gasteiger partial charge in [0.1, 0.15) is 0 Å². The number of carbonyl (C=O) groups is 3.